The van der Waals surface area contributed by atoms with Crippen LogP contribution in [0, 0.1) is 17.5 Å². The fraction of sp³-hybridized carbons (Fsp3) is 0.333. The van der Waals surface area contributed by atoms with Gasteiger partial charge in [0.1, 0.15) is 5.82 Å². The maximum absolute atomic E-state index is 13.6. The van der Waals surface area contributed by atoms with E-state index >= 15 is 0 Å². The van der Waals surface area contributed by atoms with E-state index in [1.54, 1.807) is 0 Å². The Labute approximate surface area is 173 Å². The van der Waals surface area contributed by atoms with Crippen LogP contribution < -0.4 is 10.6 Å². The predicted octanol–water partition coefficient (Wildman–Crippen LogP) is 3.75. The summed E-state index contributed by atoms with van der Waals surface area (Å²) in [7, 11) is 0. The van der Waals surface area contributed by atoms with E-state index in [-0.39, 0.29) is 48.9 Å². The minimum Gasteiger partial charge on any atom is -0.351 e. The molecule has 2 aromatic rings. The number of carbonyl (C=O) groups is 2. The van der Waals surface area contributed by atoms with Gasteiger partial charge >= 0.3 is 0 Å². The largest absolute Gasteiger partial charge is 0.351 e. The zero-order valence-corrected chi connectivity index (χ0v) is 16.4. The lowest BCUT2D eigenvalue weighted by atomic mass is 9.86. The van der Waals surface area contributed by atoms with Gasteiger partial charge in [-0.2, -0.15) is 0 Å². The number of amides is 1. The van der Waals surface area contributed by atoms with Crippen LogP contribution in [0.15, 0.2) is 42.5 Å². The lowest BCUT2D eigenvalue weighted by Crippen LogP contribution is -2.50. The van der Waals surface area contributed by atoms with E-state index in [0.717, 1.165) is 6.07 Å². The van der Waals surface area contributed by atoms with Crippen molar-refractivity contribution in [1.82, 2.24) is 10.6 Å². The topological polar surface area (TPSA) is 58.2 Å². The molecular formula is C21H22ClF3N2O2. The molecule has 1 aliphatic heterocycles. The molecule has 0 bridgehead atoms. The Morgan fingerprint density at radius 3 is 2.41 bits per heavy atom. The third-order valence-corrected chi connectivity index (χ3v) is 4.95. The zero-order valence-electron chi connectivity index (χ0n) is 15.6. The minimum atomic E-state index is -0.911. The van der Waals surface area contributed by atoms with Crippen molar-refractivity contribution in [3.05, 3.63) is 71.0 Å². The van der Waals surface area contributed by atoms with Crippen molar-refractivity contribution in [3.63, 3.8) is 0 Å². The molecule has 156 valence electrons. The number of benzene rings is 2. The molecule has 1 saturated heterocycles. The summed E-state index contributed by atoms with van der Waals surface area (Å²) in [5, 5.41) is 6.06. The second-order valence-electron chi connectivity index (χ2n) is 6.88. The number of ketones is 1. The molecule has 0 aromatic heterocycles. The molecule has 4 nitrogen and oxygen atoms in total. The van der Waals surface area contributed by atoms with Gasteiger partial charge in [0.05, 0.1) is 0 Å². The van der Waals surface area contributed by atoms with E-state index in [9.17, 15) is 22.8 Å². The van der Waals surface area contributed by atoms with E-state index in [1.165, 1.54) is 36.4 Å². The summed E-state index contributed by atoms with van der Waals surface area (Å²) in [5.74, 6) is -2.93. The van der Waals surface area contributed by atoms with E-state index in [4.69, 9.17) is 0 Å². The summed E-state index contributed by atoms with van der Waals surface area (Å²) < 4.78 is 39.7. The molecule has 0 spiro atoms. The molecule has 29 heavy (non-hydrogen) atoms. The quantitative estimate of drug-likeness (QED) is 0.692. The van der Waals surface area contributed by atoms with Gasteiger partial charge < -0.3 is 10.6 Å². The number of Topliss-reactive ketones (excluding diaryl/α,β-unsaturated/α-hetero) is 1. The average Bonchev–Trinajstić information content (AvgIpc) is 2.69. The van der Waals surface area contributed by atoms with Crippen molar-refractivity contribution in [1.29, 1.82) is 0 Å². The summed E-state index contributed by atoms with van der Waals surface area (Å²) in [5.41, 5.74) is 0.987. The summed E-state index contributed by atoms with van der Waals surface area (Å²) in [6, 6.07) is 8.69. The van der Waals surface area contributed by atoms with Gasteiger partial charge in [-0.15, -0.1) is 12.4 Å². The smallest absolute Gasteiger partial charge is 0.220 e. The van der Waals surface area contributed by atoms with Gasteiger partial charge in [0.15, 0.2) is 17.4 Å². The third-order valence-electron chi connectivity index (χ3n) is 4.95. The van der Waals surface area contributed by atoms with Gasteiger partial charge in [0.25, 0.3) is 0 Å². The first-order chi connectivity index (χ1) is 13.4. The Kier molecular flexibility index (Phi) is 8.22. The standard InChI is InChI=1S/C21H21F3N2O2.ClH/c22-15-4-1-13(2-5-15)20(27)7-8-21(28)26-19-12-25-10-9-16(19)14-3-6-17(23)18(24)11-14;/h1-6,11,16,19,25H,7-10,12H2,(H,26,28);1H. The molecule has 0 saturated carbocycles. The number of hydrogen-bond donors (Lipinski definition) is 2. The lowest BCUT2D eigenvalue weighted by Gasteiger charge is -2.33. The maximum Gasteiger partial charge on any atom is 0.220 e. The minimum absolute atomic E-state index is 0. The van der Waals surface area contributed by atoms with E-state index in [2.05, 4.69) is 10.6 Å². The van der Waals surface area contributed by atoms with Crippen LogP contribution in [0.2, 0.25) is 0 Å². The van der Waals surface area contributed by atoms with Crippen molar-refractivity contribution in [3.8, 4) is 0 Å². The number of nitrogens with one attached hydrogen (secondary N) is 2. The second-order valence-corrected chi connectivity index (χ2v) is 6.88. The highest BCUT2D eigenvalue weighted by Crippen LogP contribution is 2.27. The zero-order chi connectivity index (χ0) is 20.1. The fourth-order valence-corrected chi connectivity index (χ4v) is 3.44. The van der Waals surface area contributed by atoms with Crippen molar-refractivity contribution >= 4 is 24.1 Å². The number of piperidine rings is 1. The fourth-order valence-electron chi connectivity index (χ4n) is 3.44. The number of rotatable bonds is 6. The summed E-state index contributed by atoms with van der Waals surface area (Å²) in [6.07, 6.45) is 0.676. The van der Waals surface area contributed by atoms with Crippen LogP contribution in [0.1, 0.15) is 41.1 Å². The number of hydrogen-bond acceptors (Lipinski definition) is 3. The molecule has 1 heterocycles. The molecule has 1 aliphatic rings. The van der Waals surface area contributed by atoms with Crippen LogP contribution in [0.4, 0.5) is 13.2 Å². The first-order valence-corrected chi connectivity index (χ1v) is 9.18. The highest BCUT2D eigenvalue weighted by Gasteiger charge is 2.28. The third kappa shape index (κ3) is 6.05. The van der Waals surface area contributed by atoms with E-state index < -0.39 is 17.5 Å². The molecule has 1 fully saturated rings. The Bertz CT molecular complexity index is 862. The molecule has 8 heteroatoms. The second kappa shape index (κ2) is 10.4. The van der Waals surface area contributed by atoms with Crippen LogP contribution in [0.3, 0.4) is 0 Å². The monoisotopic (exact) mass is 426 g/mol. The SMILES string of the molecule is Cl.O=C(CCC(=O)c1ccc(F)cc1)NC1CNCCC1c1ccc(F)c(F)c1. The van der Waals surface area contributed by atoms with Crippen molar-refractivity contribution in [2.24, 2.45) is 0 Å². The van der Waals surface area contributed by atoms with Crippen LogP contribution in [-0.2, 0) is 4.79 Å². The molecule has 1 amide bonds. The Balaban J connectivity index is 0.00000300. The van der Waals surface area contributed by atoms with Gasteiger partial charge in [-0.25, -0.2) is 13.2 Å². The van der Waals surface area contributed by atoms with Crippen LogP contribution in [-0.4, -0.2) is 30.8 Å². The summed E-state index contributed by atoms with van der Waals surface area (Å²) >= 11 is 0. The van der Waals surface area contributed by atoms with Crippen LogP contribution in [0.25, 0.3) is 0 Å². The highest BCUT2D eigenvalue weighted by atomic mass is 35.5. The molecule has 2 aromatic carbocycles. The highest BCUT2D eigenvalue weighted by molar-refractivity contribution is 5.97. The first-order valence-electron chi connectivity index (χ1n) is 9.18. The summed E-state index contributed by atoms with van der Waals surface area (Å²) in [6.45, 7) is 1.21. The van der Waals surface area contributed by atoms with E-state index in [1.807, 2.05) is 0 Å². The molecular weight excluding hydrogens is 405 g/mol. The molecule has 0 aliphatic carbocycles. The Hall–Kier alpha value is -2.38. The molecule has 3 rings (SSSR count). The molecule has 2 N–H and O–H groups in total. The van der Waals surface area contributed by atoms with Gasteiger partial charge in [-0.05, 0) is 54.9 Å². The Morgan fingerprint density at radius 2 is 1.72 bits per heavy atom. The molecule has 2 atom stereocenters. The van der Waals surface area contributed by atoms with Crippen LogP contribution >= 0.6 is 12.4 Å². The Morgan fingerprint density at radius 1 is 1.00 bits per heavy atom. The normalized spacial score (nSPS) is 18.6. The van der Waals surface area contributed by atoms with Crippen LogP contribution in [0.5, 0.6) is 0 Å². The number of carbonyl (C=O) groups excluding carboxylic acids is 2. The lowest BCUT2D eigenvalue weighted by molar-refractivity contribution is -0.122. The van der Waals surface area contributed by atoms with E-state index in [0.29, 0.717) is 30.6 Å². The number of halogens is 4. The average molecular weight is 427 g/mol. The molecule has 0 radical (unpaired) electrons. The maximum atomic E-state index is 13.6. The van der Waals surface area contributed by atoms with Gasteiger partial charge in [-0.1, -0.05) is 6.07 Å². The van der Waals surface area contributed by atoms with Gasteiger partial charge in [-0.3, -0.25) is 9.59 Å². The van der Waals surface area contributed by atoms with Crippen molar-refractivity contribution in [2.75, 3.05) is 13.1 Å². The first kappa shape index (κ1) is 22.9. The van der Waals surface area contributed by atoms with Crippen molar-refractivity contribution < 1.29 is 22.8 Å². The summed E-state index contributed by atoms with van der Waals surface area (Å²) in [4.78, 5) is 24.4. The van der Waals surface area contributed by atoms with Gasteiger partial charge in [0, 0.05) is 36.9 Å². The predicted molar refractivity (Wildman–Crippen MR) is 106 cm³/mol. The van der Waals surface area contributed by atoms with Crippen molar-refractivity contribution in [2.45, 2.75) is 31.2 Å². The van der Waals surface area contributed by atoms with Gasteiger partial charge in [0.2, 0.25) is 5.91 Å². The molecule has 2 unspecified atom stereocenters.